The number of likely N-dealkylation sites (tertiary alicyclic amines) is 1. The van der Waals surface area contributed by atoms with E-state index < -0.39 is 6.10 Å². The minimum Gasteiger partial charge on any atom is -0.449 e. The summed E-state index contributed by atoms with van der Waals surface area (Å²) in [5.41, 5.74) is 1.92. The lowest BCUT2D eigenvalue weighted by Crippen LogP contribution is -2.45. The highest BCUT2D eigenvalue weighted by Crippen LogP contribution is 2.52. The van der Waals surface area contributed by atoms with Crippen molar-refractivity contribution in [3.05, 3.63) is 34.3 Å². The van der Waals surface area contributed by atoms with Crippen molar-refractivity contribution in [1.82, 2.24) is 4.90 Å². The SMILES string of the molecule is CC(C)(C)COC(=O)N1CCC2(CC1)Cc1ccc(Cl)cc1C2O. The number of rotatable bonds is 1. The van der Waals surface area contributed by atoms with Crippen molar-refractivity contribution in [2.24, 2.45) is 10.8 Å². The van der Waals surface area contributed by atoms with E-state index in [0.29, 0.717) is 24.7 Å². The fraction of sp³-hybridized carbons (Fsp3) is 0.632. The fourth-order valence-corrected chi connectivity index (χ4v) is 3.92. The van der Waals surface area contributed by atoms with E-state index in [1.165, 1.54) is 5.56 Å². The van der Waals surface area contributed by atoms with Crippen LogP contribution in [0.15, 0.2) is 18.2 Å². The first-order valence-electron chi connectivity index (χ1n) is 8.58. The zero-order valence-electron chi connectivity index (χ0n) is 14.6. The number of nitrogens with zero attached hydrogens (tertiary/aromatic N) is 1. The average Bonchev–Trinajstić information content (AvgIpc) is 2.78. The van der Waals surface area contributed by atoms with Crippen LogP contribution >= 0.6 is 11.6 Å². The number of hydrogen-bond donors (Lipinski definition) is 1. The molecule has 1 saturated heterocycles. The molecule has 1 aromatic carbocycles. The summed E-state index contributed by atoms with van der Waals surface area (Å²) in [6, 6.07) is 5.77. The predicted molar refractivity (Wildman–Crippen MR) is 94.2 cm³/mol. The molecule has 1 amide bonds. The second kappa shape index (κ2) is 6.23. The van der Waals surface area contributed by atoms with Gasteiger partial charge in [0, 0.05) is 23.5 Å². The number of carbonyl (C=O) groups excluding carboxylic acids is 1. The van der Waals surface area contributed by atoms with E-state index in [4.69, 9.17) is 16.3 Å². The standard InChI is InChI=1S/C19H26ClNO3/c1-18(2,3)12-24-17(23)21-8-6-19(7-9-21)11-13-4-5-14(20)10-15(13)16(19)22/h4-5,10,16,22H,6-9,11-12H2,1-3H3. The van der Waals surface area contributed by atoms with Gasteiger partial charge in [-0.2, -0.15) is 0 Å². The van der Waals surface area contributed by atoms with Crippen LogP contribution in [-0.4, -0.2) is 35.8 Å². The first kappa shape index (κ1) is 17.6. The molecule has 0 bridgehead atoms. The monoisotopic (exact) mass is 351 g/mol. The largest absolute Gasteiger partial charge is 0.449 e. The molecule has 5 heteroatoms. The molecular formula is C19H26ClNO3. The number of aliphatic hydroxyl groups excluding tert-OH is 1. The van der Waals surface area contributed by atoms with Crippen molar-refractivity contribution in [1.29, 1.82) is 0 Å². The summed E-state index contributed by atoms with van der Waals surface area (Å²) in [7, 11) is 0. The van der Waals surface area contributed by atoms with E-state index in [0.717, 1.165) is 24.8 Å². The number of carbonyl (C=O) groups is 1. The van der Waals surface area contributed by atoms with E-state index in [1.807, 2.05) is 39.0 Å². The molecular weight excluding hydrogens is 326 g/mol. The smallest absolute Gasteiger partial charge is 0.409 e. The maximum absolute atomic E-state index is 12.2. The Labute approximate surface area is 148 Å². The molecule has 1 aromatic rings. The molecule has 0 saturated carbocycles. The van der Waals surface area contributed by atoms with Crippen LogP contribution < -0.4 is 0 Å². The molecule has 1 heterocycles. The lowest BCUT2D eigenvalue weighted by Gasteiger charge is -2.41. The Hall–Kier alpha value is -1.26. The third kappa shape index (κ3) is 3.40. The van der Waals surface area contributed by atoms with E-state index >= 15 is 0 Å². The first-order chi connectivity index (χ1) is 11.2. The molecule has 3 rings (SSSR count). The summed E-state index contributed by atoms with van der Waals surface area (Å²) in [6.07, 6.45) is 1.67. The highest BCUT2D eigenvalue weighted by atomic mass is 35.5. The number of halogens is 1. The molecule has 1 aliphatic carbocycles. The Morgan fingerprint density at radius 1 is 1.38 bits per heavy atom. The van der Waals surface area contributed by atoms with E-state index in [-0.39, 0.29) is 16.9 Å². The third-order valence-electron chi connectivity index (χ3n) is 5.17. The van der Waals surface area contributed by atoms with Crippen LogP contribution in [0, 0.1) is 10.8 Å². The van der Waals surface area contributed by atoms with Crippen LogP contribution in [0.1, 0.15) is 50.8 Å². The van der Waals surface area contributed by atoms with Gasteiger partial charge in [0.2, 0.25) is 0 Å². The fourth-order valence-electron chi connectivity index (χ4n) is 3.74. The van der Waals surface area contributed by atoms with Gasteiger partial charge in [-0.05, 0) is 47.9 Å². The molecule has 2 aliphatic rings. The number of piperidine rings is 1. The van der Waals surface area contributed by atoms with Crippen molar-refractivity contribution in [2.45, 2.75) is 46.1 Å². The molecule has 1 fully saturated rings. The van der Waals surface area contributed by atoms with Gasteiger partial charge in [0.05, 0.1) is 12.7 Å². The highest BCUT2D eigenvalue weighted by Gasteiger charge is 2.47. The van der Waals surface area contributed by atoms with E-state index in [9.17, 15) is 9.90 Å². The van der Waals surface area contributed by atoms with Gasteiger partial charge < -0.3 is 14.7 Å². The Morgan fingerprint density at radius 2 is 2.04 bits per heavy atom. The normalized spacial score (nSPS) is 22.5. The quantitative estimate of drug-likeness (QED) is 0.825. The van der Waals surface area contributed by atoms with Crippen LogP contribution in [0.4, 0.5) is 4.79 Å². The molecule has 4 nitrogen and oxygen atoms in total. The molecule has 1 N–H and O–H groups in total. The Morgan fingerprint density at radius 3 is 2.67 bits per heavy atom. The van der Waals surface area contributed by atoms with Crippen LogP contribution in [0.3, 0.4) is 0 Å². The van der Waals surface area contributed by atoms with Gasteiger partial charge >= 0.3 is 6.09 Å². The maximum atomic E-state index is 12.2. The number of hydrogen-bond acceptors (Lipinski definition) is 3. The lowest BCUT2D eigenvalue weighted by atomic mass is 9.74. The summed E-state index contributed by atoms with van der Waals surface area (Å²) in [6.45, 7) is 7.80. The van der Waals surface area contributed by atoms with Crippen LogP contribution in [0.2, 0.25) is 5.02 Å². The second-order valence-corrected chi connectivity index (χ2v) is 8.82. The van der Waals surface area contributed by atoms with Crippen molar-refractivity contribution >= 4 is 17.7 Å². The number of fused-ring (bicyclic) bond motifs is 1. The summed E-state index contributed by atoms with van der Waals surface area (Å²) >= 11 is 6.07. The number of amides is 1. The van der Waals surface area contributed by atoms with Gasteiger partial charge in [-0.3, -0.25) is 0 Å². The van der Waals surface area contributed by atoms with E-state index in [2.05, 4.69) is 0 Å². The molecule has 1 spiro atoms. The molecule has 1 aliphatic heterocycles. The Kier molecular flexibility index (Phi) is 4.56. The minimum absolute atomic E-state index is 0.0325. The highest BCUT2D eigenvalue weighted by molar-refractivity contribution is 6.30. The van der Waals surface area contributed by atoms with Crippen molar-refractivity contribution in [3.63, 3.8) is 0 Å². The number of aliphatic hydroxyl groups is 1. The van der Waals surface area contributed by atoms with Crippen molar-refractivity contribution < 1.29 is 14.6 Å². The topological polar surface area (TPSA) is 49.8 Å². The first-order valence-corrected chi connectivity index (χ1v) is 8.96. The molecule has 1 unspecified atom stereocenters. The van der Waals surface area contributed by atoms with Crippen molar-refractivity contribution in [3.8, 4) is 0 Å². The third-order valence-corrected chi connectivity index (χ3v) is 5.41. The molecule has 132 valence electrons. The lowest BCUT2D eigenvalue weighted by molar-refractivity contribution is -0.0153. The minimum atomic E-state index is -0.501. The second-order valence-electron chi connectivity index (χ2n) is 8.39. The van der Waals surface area contributed by atoms with Crippen molar-refractivity contribution in [2.75, 3.05) is 19.7 Å². The molecule has 0 aromatic heterocycles. The summed E-state index contributed by atoms with van der Waals surface area (Å²) in [4.78, 5) is 14.0. The zero-order valence-corrected chi connectivity index (χ0v) is 15.4. The van der Waals surface area contributed by atoms with Gasteiger partial charge in [0.15, 0.2) is 0 Å². The number of ether oxygens (including phenoxy) is 1. The molecule has 0 radical (unpaired) electrons. The summed E-state index contributed by atoms with van der Waals surface area (Å²) < 4.78 is 5.41. The number of benzene rings is 1. The zero-order chi connectivity index (χ0) is 17.5. The van der Waals surface area contributed by atoms with Crippen LogP contribution in [0.5, 0.6) is 0 Å². The van der Waals surface area contributed by atoms with Gasteiger partial charge in [0.25, 0.3) is 0 Å². The van der Waals surface area contributed by atoms with Crippen LogP contribution in [0.25, 0.3) is 0 Å². The van der Waals surface area contributed by atoms with Crippen LogP contribution in [-0.2, 0) is 11.2 Å². The summed E-state index contributed by atoms with van der Waals surface area (Å²) in [5.74, 6) is 0. The van der Waals surface area contributed by atoms with E-state index in [1.54, 1.807) is 4.90 Å². The summed E-state index contributed by atoms with van der Waals surface area (Å²) in [5, 5.41) is 11.5. The van der Waals surface area contributed by atoms with Gasteiger partial charge in [-0.1, -0.05) is 38.4 Å². The predicted octanol–water partition coefficient (Wildman–Crippen LogP) is 4.19. The Balaban J connectivity index is 1.62. The maximum Gasteiger partial charge on any atom is 0.409 e. The molecule has 24 heavy (non-hydrogen) atoms. The van der Waals surface area contributed by atoms with Gasteiger partial charge in [-0.25, -0.2) is 4.79 Å². The van der Waals surface area contributed by atoms with Gasteiger partial charge in [0.1, 0.15) is 0 Å². The average molecular weight is 352 g/mol. The molecule has 1 atom stereocenters. The van der Waals surface area contributed by atoms with Gasteiger partial charge in [-0.15, -0.1) is 0 Å². The Bertz CT molecular complexity index is 630.